The molecule has 0 bridgehead atoms. The van der Waals surface area contributed by atoms with E-state index >= 15 is 0 Å². The van der Waals surface area contributed by atoms with Crippen LogP contribution < -0.4 is 14.4 Å². The third-order valence-corrected chi connectivity index (χ3v) is 8.31. The standard InChI is InChI=1S/C29H40FN3O5S/c1-4-27(29(35)31-24-9-6-5-7-10-24)32(21-22-12-18-26(38-2)19-13-22)28(34)11-8-20-33(39(3,36)37)25-16-14-23(30)15-17-25/h12-19,24,27H,4-11,20-21H2,1-3H3,(H,31,35)/t27-/m1/s1. The SMILES string of the molecule is CC[C@H](C(=O)NC1CCCCC1)N(Cc1ccc(OC)cc1)C(=O)CCCN(c1ccc(F)cc1)S(C)(=O)=O. The summed E-state index contributed by atoms with van der Waals surface area (Å²) >= 11 is 0. The van der Waals surface area contributed by atoms with Gasteiger partial charge in [0, 0.05) is 25.6 Å². The Morgan fingerprint density at radius 3 is 2.26 bits per heavy atom. The number of anilines is 1. The zero-order valence-corrected chi connectivity index (χ0v) is 23.9. The first-order chi connectivity index (χ1) is 18.6. The molecule has 0 aliphatic heterocycles. The van der Waals surface area contributed by atoms with Crippen LogP contribution in [0.5, 0.6) is 5.75 Å². The Hall–Kier alpha value is -3.14. The lowest BCUT2D eigenvalue weighted by molar-refractivity contribution is -0.141. The van der Waals surface area contributed by atoms with E-state index in [-0.39, 0.29) is 43.8 Å². The smallest absolute Gasteiger partial charge is 0.243 e. The maximum Gasteiger partial charge on any atom is 0.243 e. The van der Waals surface area contributed by atoms with Crippen molar-refractivity contribution in [3.8, 4) is 5.75 Å². The van der Waals surface area contributed by atoms with E-state index in [2.05, 4.69) is 5.32 Å². The van der Waals surface area contributed by atoms with Crippen molar-refractivity contribution >= 4 is 27.5 Å². The van der Waals surface area contributed by atoms with Gasteiger partial charge >= 0.3 is 0 Å². The highest BCUT2D eigenvalue weighted by molar-refractivity contribution is 7.92. The number of halogens is 1. The first kappa shape index (κ1) is 30.4. The molecule has 1 N–H and O–H groups in total. The largest absolute Gasteiger partial charge is 0.497 e. The number of sulfonamides is 1. The minimum atomic E-state index is -3.65. The van der Waals surface area contributed by atoms with Gasteiger partial charge in [-0.1, -0.05) is 38.3 Å². The number of nitrogens with zero attached hydrogens (tertiary/aromatic N) is 2. The minimum Gasteiger partial charge on any atom is -0.497 e. The van der Waals surface area contributed by atoms with Crippen molar-refractivity contribution < 1.29 is 27.1 Å². The van der Waals surface area contributed by atoms with Crippen LogP contribution in [0.4, 0.5) is 10.1 Å². The Kier molecular flexibility index (Phi) is 11.2. The predicted octanol–water partition coefficient (Wildman–Crippen LogP) is 4.64. The summed E-state index contributed by atoms with van der Waals surface area (Å²) < 4.78 is 44.6. The van der Waals surface area contributed by atoms with Crippen LogP contribution in [0.1, 0.15) is 63.9 Å². The molecule has 0 saturated heterocycles. The van der Waals surface area contributed by atoms with Gasteiger partial charge in [-0.2, -0.15) is 0 Å². The van der Waals surface area contributed by atoms with E-state index in [9.17, 15) is 22.4 Å². The van der Waals surface area contributed by atoms with Crippen LogP contribution in [-0.2, 0) is 26.2 Å². The number of ether oxygens (including phenoxy) is 1. The number of methoxy groups -OCH3 is 1. The van der Waals surface area contributed by atoms with Crippen molar-refractivity contribution in [3.05, 3.63) is 59.9 Å². The summed E-state index contributed by atoms with van der Waals surface area (Å²) in [6, 6.07) is 12.0. The van der Waals surface area contributed by atoms with Crippen molar-refractivity contribution in [1.82, 2.24) is 10.2 Å². The third-order valence-electron chi connectivity index (χ3n) is 7.12. The first-order valence-electron chi connectivity index (χ1n) is 13.6. The molecule has 0 heterocycles. The van der Waals surface area contributed by atoms with Crippen molar-refractivity contribution in [2.45, 2.75) is 76.9 Å². The second-order valence-electron chi connectivity index (χ2n) is 10.1. The topological polar surface area (TPSA) is 96.0 Å². The van der Waals surface area contributed by atoms with Gasteiger partial charge in [-0.3, -0.25) is 13.9 Å². The Morgan fingerprint density at radius 1 is 1.05 bits per heavy atom. The van der Waals surface area contributed by atoms with Gasteiger partial charge in [0.05, 0.1) is 19.1 Å². The molecule has 3 rings (SSSR count). The summed E-state index contributed by atoms with van der Waals surface area (Å²) in [6.45, 7) is 2.18. The highest BCUT2D eigenvalue weighted by Crippen LogP contribution is 2.22. The normalized spacial score (nSPS) is 14.9. The van der Waals surface area contributed by atoms with Crippen molar-refractivity contribution in [2.24, 2.45) is 0 Å². The van der Waals surface area contributed by atoms with Crippen molar-refractivity contribution in [1.29, 1.82) is 0 Å². The fourth-order valence-corrected chi connectivity index (χ4v) is 5.97. The Balaban J connectivity index is 1.75. The number of carbonyl (C=O) groups is 2. The highest BCUT2D eigenvalue weighted by atomic mass is 32.2. The molecule has 1 aliphatic carbocycles. The first-order valence-corrected chi connectivity index (χ1v) is 15.4. The molecule has 214 valence electrons. The van der Waals surface area contributed by atoms with Crippen molar-refractivity contribution in [3.63, 3.8) is 0 Å². The highest BCUT2D eigenvalue weighted by Gasteiger charge is 2.30. The van der Waals surface area contributed by atoms with Gasteiger partial charge in [0.25, 0.3) is 0 Å². The lowest BCUT2D eigenvalue weighted by atomic mass is 9.95. The van der Waals surface area contributed by atoms with E-state index in [1.807, 2.05) is 31.2 Å². The van der Waals surface area contributed by atoms with Crippen LogP contribution in [-0.4, -0.2) is 57.1 Å². The molecule has 1 atom stereocenters. The lowest BCUT2D eigenvalue weighted by Gasteiger charge is -2.33. The van der Waals surface area contributed by atoms with Crippen LogP contribution in [0, 0.1) is 5.82 Å². The second-order valence-corrected chi connectivity index (χ2v) is 12.0. The Bertz CT molecular complexity index is 1180. The van der Waals surface area contributed by atoms with Gasteiger partial charge in [0.2, 0.25) is 21.8 Å². The van der Waals surface area contributed by atoms with Crippen LogP contribution in [0.15, 0.2) is 48.5 Å². The molecule has 0 aromatic heterocycles. The maximum atomic E-state index is 13.6. The van der Waals surface area contributed by atoms with E-state index in [1.165, 1.54) is 35.0 Å². The van der Waals surface area contributed by atoms with Crippen molar-refractivity contribution in [2.75, 3.05) is 24.2 Å². The quantitative estimate of drug-likeness (QED) is 0.385. The fourth-order valence-electron chi connectivity index (χ4n) is 5.00. The molecule has 0 unspecified atom stereocenters. The van der Waals surface area contributed by atoms with E-state index in [0.29, 0.717) is 17.9 Å². The number of hydrogen-bond acceptors (Lipinski definition) is 5. The molecule has 39 heavy (non-hydrogen) atoms. The van der Waals surface area contributed by atoms with Gasteiger partial charge in [-0.05, 0) is 67.6 Å². The summed E-state index contributed by atoms with van der Waals surface area (Å²) in [5, 5.41) is 3.16. The molecule has 0 radical (unpaired) electrons. The van der Waals surface area contributed by atoms with Crippen LogP contribution in [0.25, 0.3) is 0 Å². The molecule has 1 saturated carbocycles. The van der Waals surface area contributed by atoms with E-state index in [0.717, 1.165) is 37.5 Å². The van der Waals surface area contributed by atoms with Gasteiger partial charge < -0.3 is 15.0 Å². The van der Waals surface area contributed by atoms with Crippen LogP contribution in [0.3, 0.4) is 0 Å². The molecule has 10 heteroatoms. The molecule has 0 spiro atoms. The third kappa shape index (κ3) is 8.95. The molecule has 1 fully saturated rings. The van der Waals surface area contributed by atoms with Crippen LogP contribution >= 0.6 is 0 Å². The van der Waals surface area contributed by atoms with Gasteiger partial charge in [0.1, 0.15) is 17.6 Å². The average molecular weight is 562 g/mol. The average Bonchev–Trinajstić information content (AvgIpc) is 2.92. The minimum absolute atomic E-state index is 0.0522. The molecule has 1 aliphatic rings. The summed E-state index contributed by atoms with van der Waals surface area (Å²) in [7, 11) is -2.06. The molecular weight excluding hydrogens is 521 g/mol. The van der Waals surface area contributed by atoms with E-state index < -0.39 is 21.9 Å². The second kappa shape index (κ2) is 14.3. The Labute approximate surface area is 231 Å². The number of nitrogens with one attached hydrogen (secondary N) is 1. The molecule has 2 aromatic rings. The summed E-state index contributed by atoms with van der Waals surface area (Å²) in [4.78, 5) is 28.5. The van der Waals surface area contributed by atoms with Gasteiger partial charge in [-0.25, -0.2) is 12.8 Å². The molecular formula is C29H40FN3O5S. The number of benzene rings is 2. The summed E-state index contributed by atoms with van der Waals surface area (Å²) in [6.07, 6.45) is 7.05. The van der Waals surface area contributed by atoms with Gasteiger partial charge in [0.15, 0.2) is 0 Å². The number of hydrogen-bond donors (Lipinski definition) is 1. The molecule has 2 aromatic carbocycles. The lowest BCUT2D eigenvalue weighted by Crippen LogP contribution is -2.51. The monoisotopic (exact) mass is 561 g/mol. The van der Waals surface area contributed by atoms with Crippen LogP contribution in [0.2, 0.25) is 0 Å². The Morgan fingerprint density at radius 2 is 1.69 bits per heavy atom. The molecule has 2 amide bonds. The molecule has 8 nitrogen and oxygen atoms in total. The predicted molar refractivity (Wildman–Crippen MR) is 150 cm³/mol. The summed E-state index contributed by atoms with van der Waals surface area (Å²) in [5.41, 5.74) is 1.19. The number of amides is 2. The van der Waals surface area contributed by atoms with E-state index in [1.54, 1.807) is 12.0 Å². The number of carbonyl (C=O) groups excluding carboxylic acids is 2. The van der Waals surface area contributed by atoms with Gasteiger partial charge in [-0.15, -0.1) is 0 Å². The maximum absolute atomic E-state index is 13.6. The zero-order valence-electron chi connectivity index (χ0n) is 23.1. The fraction of sp³-hybridized carbons (Fsp3) is 0.517. The number of rotatable bonds is 13. The zero-order chi connectivity index (χ0) is 28.4. The summed E-state index contributed by atoms with van der Waals surface area (Å²) in [5.74, 6) is -0.159. The van der Waals surface area contributed by atoms with E-state index in [4.69, 9.17) is 4.74 Å².